The normalized spacial score (nSPS) is 10.8. The Balaban J connectivity index is 0.000000242. The number of carbonyl (C=O) groups is 3. The number of pyridine rings is 1. The fraction of sp³-hybridized carbons (Fsp3) is 0.268. The van der Waals surface area contributed by atoms with Crippen LogP contribution in [0, 0.1) is 0 Å². The largest absolute Gasteiger partial charge is 0.502 e. The minimum Gasteiger partial charge on any atom is -0.502 e. The molecule has 0 spiro atoms. The molecule has 0 fully saturated rings. The number of esters is 3. The second-order valence-corrected chi connectivity index (χ2v) is 11.9. The number of hydrogen-bond donors (Lipinski definition) is 1. The minimum absolute atomic E-state index is 0.00116. The first-order valence-electron chi connectivity index (χ1n) is 17.7. The van der Waals surface area contributed by atoms with E-state index in [4.69, 9.17) is 32.7 Å². The molecule has 0 aliphatic rings. The number of aromatic hydroxyl groups is 1. The highest BCUT2D eigenvalue weighted by Crippen LogP contribution is 2.34. The average Bonchev–Trinajstić information content (AvgIpc) is 3.85. The highest BCUT2D eigenvalue weighted by molar-refractivity contribution is 6.00. The summed E-state index contributed by atoms with van der Waals surface area (Å²) in [6, 6.07) is 24.2. The molecular weight excluding hydrogens is 724 g/mol. The molecule has 15 heteroatoms. The zero-order valence-electron chi connectivity index (χ0n) is 31.6. The van der Waals surface area contributed by atoms with E-state index in [-0.39, 0.29) is 55.7 Å². The summed E-state index contributed by atoms with van der Waals surface area (Å²) in [5.74, 6) is -0.808. The highest BCUT2D eigenvalue weighted by atomic mass is 16.6. The molecule has 0 aliphatic carbocycles. The topological polar surface area (TPSA) is 186 Å². The van der Waals surface area contributed by atoms with Crippen molar-refractivity contribution in [2.45, 2.75) is 33.9 Å². The van der Waals surface area contributed by atoms with Crippen LogP contribution in [-0.2, 0) is 32.1 Å². The lowest BCUT2D eigenvalue weighted by Gasteiger charge is -2.23. The van der Waals surface area contributed by atoms with E-state index < -0.39 is 17.9 Å². The average molecular weight is 767 g/mol. The number of carbonyl (C=O) groups excluding carboxylic acids is 3. The summed E-state index contributed by atoms with van der Waals surface area (Å²) in [4.78, 5) is 42.6. The molecule has 0 amide bonds. The number of methoxy groups -OCH3 is 2. The van der Waals surface area contributed by atoms with Gasteiger partial charge in [-0.25, -0.2) is 14.6 Å². The van der Waals surface area contributed by atoms with Gasteiger partial charge in [0.05, 0.1) is 46.0 Å². The Labute approximate surface area is 322 Å². The smallest absolute Gasteiger partial charge is 0.377 e. The number of rotatable bonds is 15. The molecule has 0 atom stereocenters. The fourth-order valence-electron chi connectivity index (χ4n) is 5.68. The molecular formula is C41H42N4O11. The quantitative estimate of drug-likeness (QED) is 0.0842. The van der Waals surface area contributed by atoms with E-state index in [9.17, 15) is 19.5 Å². The van der Waals surface area contributed by atoms with Crippen molar-refractivity contribution in [1.29, 1.82) is 0 Å². The summed E-state index contributed by atoms with van der Waals surface area (Å²) in [5, 5.41) is 18.8. The molecule has 0 unspecified atom stereocenters. The van der Waals surface area contributed by atoms with E-state index in [0.717, 1.165) is 16.7 Å². The number of nitrogens with zero attached hydrogens (tertiary/aromatic N) is 4. The number of benzene rings is 3. The lowest BCUT2D eigenvalue weighted by molar-refractivity contribution is -0.144. The Morgan fingerprint density at radius 3 is 1.98 bits per heavy atom. The zero-order valence-corrected chi connectivity index (χ0v) is 31.6. The molecule has 6 rings (SSSR count). The lowest BCUT2D eigenvalue weighted by Crippen LogP contribution is -2.31. The van der Waals surface area contributed by atoms with Crippen LogP contribution in [0.2, 0.25) is 0 Å². The highest BCUT2D eigenvalue weighted by Gasteiger charge is 2.28. The molecule has 3 heterocycles. The van der Waals surface area contributed by atoms with Gasteiger partial charge in [0.15, 0.2) is 11.4 Å². The maximum absolute atomic E-state index is 12.6. The van der Waals surface area contributed by atoms with Crippen molar-refractivity contribution in [1.82, 2.24) is 20.2 Å². The van der Waals surface area contributed by atoms with Gasteiger partial charge in [0.1, 0.15) is 22.9 Å². The van der Waals surface area contributed by atoms with E-state index in [1.54, 1.807) is 41.1 Å². The summed E-state index contributed by atoms with van der Waals surface area (Å²) >= 11 is 0. The Kier molecular flexibility index (Phi) is 14.1. The molecule has 0 saturated carbocycles. The molecule has 0 radical (unpaired) electrons. The van der Waals surface area contributed by atoms with Crippen molar-refractivity contribution in [2.75, 3.05) is 40.6 Å². The van der Waals surface area contributed by atoms with Crippen molar-refractivity contribution < 1.29 is 52.2 Å². The van der Waals surface area contributed by atoms with Gasteiger partial charge in [-0.15, -0.1) is 0 Å². The van der Waals surface area contributed by atoms with Crippen LogP contribution in [-0.4, -0.2) is 83.8 Å². The molecule has 3 aromatic carbocycles. The van der Waals surface area contributed by atoms with E-state index in [0.29, 0.717) is 40.4 Å². The van der Waals surface area contributed by atoms with Gasteiger partial charge < -0.3 is 37.8 Å². The van der Waals surface area contributed by atoms with Crippen LogP contribution in [0.3, 0.4) is 0 Å². The first-order valence-corrected chi connectivity index (χ1v) is 17.7. The Hall–Kier alpha value is -6.74. The van der Waals surface area contributed by atoms with Crippen molar-refractivity contribution in [3.63, 3.8) is 0 Å². The predicted molar refractivity (Wildman–Crippen MR) is 203 cm³/mol. The van der Waals surface area contributed by atoms with Crippen molar-refractivity contribution in [3.8, 4) is 39.8 Å². The summed E-state index contributed by atoms with van der Waals surface area (Å²) in [7, 11) is 3.15. The van der Waals surface area contributed by atoms with Gasteiger partial charge >= 0.3 is 17.9 Å². The SMILES string of the molecule is CCOC(=O)CN(Cc1ccc(OC)cc1OC)Cc1c(-c2ccccc2)noc1C(=O)OCC.CCOC(=O)c1ncc2c(-c3ccccc3)noc2c1O. The second kappa shape index (κ2) is 19.5. The minimum atomic E-state index is -0.699. The number of hydrogen-bond acceptors (Lipinski definition) is 15. The van der Waals surface area contributed by atoms with E-state index in [1.165, 1.54) is 6.20 Å². The predicted octanol–water partition coefficient (Wildman–Crippen LogP) is 6.87. The first kappa shape index (κ1) is 40.4. The van der Waals surface area contributed by atoms with Crippen molar-refractivity contribution in [3.05, 3.63) is 108 Å². The van der Waals surface area contributed by atoms with E-state index in [1.807, 2.05) is 77.7 Å². The monoisotopic (exact) mass is 766 g/mol. The molecule has 3 aromatic heterocycles. The maximum Gasteiger partial charge on any atom is 0.377 e. The van der Waals surface area contributed by atoms with Gasteiger partial charge in [-0.3, -0.25) is 9.69 Å². The van der Waals surface area contributed by atoms with Gasteiger partial charge in [-0.2, -0.15) is 0 Å². The van der Waals surface area contributed by atoms with Crippen LogP contribution < -0.4 is 9.47 Å². The van der Waals surface area contributed by atoms with Gasteiger partial charge in [-0.1, -0.05) is 77.0 Å². The lowest BCUT2D eigenvalue weighted by atomic mass is 10.0. The van der Waals surface area contributed by atoms with Crippen LogP contribution in [0.5, 0.6) is 17.2 Å². The Morgan fingerprint density at radius 1 is 0.732 bits per heavy atom. The molecule has 0 aliphatic heterocycles. The standard InChI is InChI=1S/C26H30N2O7.C15H12N2O4/c1-5-33-23(29)17-28(15-19-12-13-20(31-3)14-22(19)32-4)16-21-24(18-10-8-7-9-11-18)27-35-25(21)26(30)34-6-2;1-2-20-15(19)12-13(18)14-10(8-16-12)11(17-21-14)9-6-4-3-5-7-9/h7-14H,5-6,15-17H2,1-4H3;3-8,18H,2H2,1H3. The maximum atomic E-state index is 12.6. The molecule has 0 bridgehead atoms. The number of fused-ring (bicyclic) bond motifs is 1. The molecule has 0 saturated heterocycles. The van der Waals surface area contributed by atoms with Crippen LogP contribution in [0.1, 0.15) is 52.9 Å². The third-order valence-corrected chi connectivity index (χ3v) is 8.23. The summed E-state index contributed by atoms with van der Waals surface area (Å²) < 4.78 is 36.6. The van der Waals surface area contributed by atoms with Crippen molar-refractivity contribution in [2.24, 2.45) is 0 Å². The third kappa shape index (κ3) is 9.67. The molecule has 292 valence electrons. The van der Waals surface area contributed by atoms with Gasteiger partial charge in [0.25, 0.3) is 0 Å². The van der Waals surface area contributed by atoms with E-state index in [2.05, 4.69) is 15.3 Å². The fourth-order valence-corrected chi connectivity index (χ4v) is 5.68. The number of aromatic nitrogens is 3. The van der Waals surface area contributed by atoms with Crippen molar-refractivity contribution >= 4 is 28.9 Å². The van der Waals surface area contributed by atoms with Gasteiger partial charge in [0, 0.05) is 47.6 Å². The third-order valence-electron chi connectivity index (χ3n) is 8.23. The summed E-state index contributed by atoms with van der Waals surface area (Å²) in [5.41, 5.74) is 3.96. The number of ether oxygens (including phenoxy) is 5. The van der Waals surface area contributed by atoms with Crippen LogP contribution >= 0.6 is 0 Å². The van der Waals surface area contributed by atoms with Gasteiger partial charge in [-0.05, 0) is 26.8 Å². The van der Waals surface area contributed by atoms with Gasteiger partial charge in [0.2, 0.25) is 11.3 Å². The molecule has 56 heavy (non-hydrogen) atoms. The summed E-state index contributed by atoms with van der Waals surface area (Å²) in [6.07, 6.45) is 1.44. The zero-order chi connectivity index (χ0) is 40.0. The van der Waals surface area contributed by atoms with Crippen LogP contribution in [0.15, 0.2) is 94.1 Å². The second-order valence-electron chi connectivity index (χ2n) is 11.9. The molecule has 15 nitrogen and oxygen atoms in total. The molecule has 1 N–H and O–H groups in total. The summed E-state index contributed by atoms with van der Waals surface area (Å²) in [6.45, 7) is 6.27. The Bertz CT molecular complexity index is 2240. The van der Waals surface area contributed by atoms with E-state index >= 15 is 0 Å². The molecule has 6 aromatic rings. The van der Waals surface area contributed by atoms with Crippen LogP contribution in [0.25, 0.3) is 33.5 Å². The first-order chi connectivity index (χ1) is 27.2. The Morgan fingerprint density at radius 2 is 1.36 bits per heavy atom. The van der Waals surface area contributed by atoms with Crippen LogP contribution in [0.4, 0.5) is 0 Å².